The predicted molar refractivity (Wildman–Crippen MR) is 102 cm³/mol. The number of amides is 1. The zero-order chi connectivity index (χ0) is 18.6. The zero-order valence-corrected chi connectivity index (χ0v) is 15.7. The van der Waals surface area contributed by atoms with Gasteiger partial charge in [0.25, 0.3) is 5.91 Å². The Labute approximate surface area is 160 Å². The summed E-state index contributed by atoms with van der Waals surface area (Å²) in [5.74, 6) is -0.0557. The van der Waals surface area contributed by atoms with Gasteiger partial charge < -0.3 is 10.1 Å². The molecule has 1 amide bonds. The van der Waals surface area contributed by atoms with Crippen molar-refractivity contribution in [2.45, 2.75) is 38.6 Å². The normalized spacial score (nSPS) is 13.8. The van der Waals surface area contributed by atoms with Crippen LogP contribution in [0.15, 0.2) is 30.6 Å². The minimum Gasteiger partial charge on any atom is -0.467 e. The van der Waals surface area contributed by atoms with Crippen LogP contribution in [-0.2, 0) is 24.2 Å². The molecule has 5 nitrogen and oxygen atoms in total. The second-order valence-corrected chi connectivity index (χ2v) is 7.70. The lowest BCUT2D eigenvalue weighted by Gasteiger charge is -2.09. The van der Waals surface area contributed by atoms with Gasteiger partial charge in [0, 0.05) is 11.4 Å². The molecule has 7 heteroatoms. The van der Waals surface area contributed by atoms with Crippen LogP contribution in [0.3, 0.4) is 0 Å². The summed E-state index contributed by atoms with van der Waals surface area (Å²) in [7, 11) is 0. The molecule has 1 aliphatic carbocycles. The van der Waals surface area contributed by atoms with Crippen molar-refractivity contribution in [1.29, 1.82) is 0 Å². The van der Waals surface area contributed by atoms with Crippen LogP contribution in [0, 0.1) is 5.82 Å². The number of hydrogen-bond donors (Lipinski definition) is 1. The number of halogens is 1. The van der Waals surface area contributed by atoms with E-state index in [1.807, 2.05) is 0 Å². The van der Waals surface area contributed by atoms with Crippen molar-refractivity contribution >= 4 is 27.5 Å². The Hall–Kier alpha value is -2.54. The highest BCUT2D eigenvalue weighted by Crippen LogP contribution is 2.38. The molecule has 1 N–H and O–H groups in total. The van der Waals surface area contributed by atoms with Crippen molar-refractivity contribution in [3.8, 4) is 5.88 Å². The Balaban J connectivity index is 1.43. The first-order chi connectivity index (χ1) is 13.2. The third-order valence-electron chi connectivity index (χ3n) is 4.71. The molecule has 1 aliphatic rings. The van der Waals surface area contributed by atoms with Crippen LogP contribution in [0.1, 0.15) is 35.3 Å². The first-order valence-corrected chi connectivity index (χ1v) is 9.91. The molecule has 140 valence electrons. The predicted octanol–water partition coefficient (Wildman–Crippen LogP) is 3.79. The average Bonchev–Trinajstić information content (AvgIpc) is 2.88. The number of aryl methyl sites for hydroxylation is 2. The fraction of sp³-hybridized carbons (Fsp3) is 0.350. The van der Waals surface area contributed by atoms with Crippen LogP contribution in [0.25, 0.3) is 10.2 Å². The first-order valence-electron chi connectivity index (χ1n) is 9.10. The number of ether oxygens (including phenoxy) is 1. The lowest BCUT2D eigenvalue weighted by Crippen LogP contribution is -2.28. The molecule has 0 unspecified atom stereocenters. The average molecular weight is 385 g/mol. The van der Waals surface area contributed by atoms with Gasteiger partial charge in [-0.3, -0.25) is 4.79 Å². The molecule has 27 heavy (non-hydrogen) atoms. The van der Waals surface area contributed by atoms with E-state index < -0.39 is 0 Å². The van der Waals surface area contributed by atoms with E-state index in [4.69, 9.17) is 4.74 Å². The van der Waals surface area contributed by atoms with Crippen LogP contribution < -0.4 is 10.1 Å². The van der Waals surface area contributed by atoms with E-state index in [0.717, 1.165) is 35.0 Å². The smallest absolute Gasteiger partial charge is 0.258 e. The maximum Gasteiger partial charge on any atom is 0.258 e. The molecule has 0 fully saturated rings. The minimum atomic E-state index is -0.295. The summed E-state index contributed by atoms with van der Waals surface area (Å²) in [6.45, 7) is 0.216. The van der Waals surface area contributed by atoms with E-state index in [1.54, 1.807) is 23.5 Å². The lowest BCUT2D eigenvalue weighted by atomic mass is 10.1. The molecule has 0 saturated heterocycles. The van der Waals surface area contributed by atoms with Gasteiger partial charge in [0.2, 0.25) is 5.88 Å². The number of carbonyl (C=O) groups excluding carboxylic acids is 1. The van der Waals surface area contributed by atoms with Gasteiger partial charge >= 0.3 is 0 Å². The van der Waals surface area contributed by atoms with E-state index in [0.29, 0.717) is 12.4 Å². The van der Waals surface area contributed by atoms with Crippen LogP contribution in [0.5, 0.6) is 5.88 Å². The Kier molecular flexibility index (Phi) is 5.29. The second kappa shape index (κ2) is 8.00. The van der Waals surface area contributed by atoms with E-state index in [-0.39, 0.29) is 18.3 Å². The fourth-order valence-corrected chi connectivity index (χ4v) is 4.55. The molecule has 4 rings (SSSR count). The van der Waals surface area contributed by atoms with E-state index >= 15 is 0 Å². The van der Waals surface area contributed by atoms with E-state index in [9.17, 15) is 9.18 Å². The third-order valence-corrected chi connectivity index (χ3v) is 5.91. The number of hydrogen-bond acceptors (Lipinski definition) is 5. The highest BCUT2D eigenvalue weighted by atomic mass is 32.1. The third kappa shape index (κ3) is 4.08. The zero-order valence-electron chi connectivity index (χ0n) is 14.8. The van der Waals surface area contributed by atoms with Crippen LogP contribution in [0.2, 0.25) is 0 Å². The van der Waals surface area contributed by atoms with Crippen molar-refractivity contribution in [1.82, 2.24) is 15.3 Å². The summed E-state index contributed by atoms with van der Waals surface area (Å²) in [5, 5.41) is 3.74. The Bertz CT molecular complexity index is 956. The monoisotopic (exact) mass is 385 g/mol. The molecular formula is C20H20FN3O2S. The van der Waals surface area contributed by atoms with Crippen molar-refractivity contribution in [2.75, 3.05) is 6.61 Å². The topological polar surface area (TPSA) is 64.1 Å². The molecule has 0 atom stereocenters. The second-order valence-electron chi connectivity index (χ2n) is 6.62. The fourth-order valence-electron chi connectivity index (χ4n) is 3.34. The minimum absolute atomic E-state index is 0.113. The van der Waals surface area contributed by atoms with E-state index in [1.165, 1.54) is 41.7 Å². The summed E-state index contributed by atoms with van der Waals surface area (Å²) in [6.07, 6.45) is 7.17. The van der Waals surface area contributed by atoms with Gasteiger partial charge in [-0.1, -0.05) is 18.6 Å². The van der Waals surface area contributed by atoms with Gasteiger partial charge in [-0.15, -0.1) is 11.3 Å². The number of rotatable bonds is 5. The molecule has 2 heterocycles. The van der Waals surface area contributed by atoms with E-state index in [2.05, 4.69) is 15.3 Å². The van der Waals surface area contributed by atoms with Crippen molar-refractivity contribution in [2.24, 2.45) is 0 Å². The summed E-state index contributed by atoms with van der Waals surface area (Å²) in [4.78, 5) is 23.1. The standard InChI is InChI=1S/C20H20FN3O2S/c21-14-8-6-13(7-9-14)10-22-17(25)11-26-19-18-15-4-2-1-3-5-16(15)27-20(18)24-12-23-19/h6-9,12H,1-5,10-11H2,(H,22,25). The van der Waals surface area contributed by atoms with Gasteiger partial charge in [-0.05, 0) is 48.9 Å². The van der Waals surface area contributed by atoms with Crippen LogP contribution >= 0.6 is 11.3 Å². The molecule has 1 aromatic carbocycles. The Morgan fingerprint density at radius 1 is 1.15 bits per heavy atom. The number of thiophene rings is 1. The quantitative estimate of drug-likeness (QED) is 0.679. The molecule has 2 aromatic heterocycles. The SMILES string of the molecule is O=C(COc1ncnc2sc3c(c12)CCCCC3)NCc1ccc(F)cc1. The van der Waals surface area contributed by atoms with Gasteiger partial charge in [-0.2, -0.15) is 0 Å². The summed E-state index contributed by atoms with van der Waals surface area (Å²) in [6, 6.07) is 6.03. The van der Waals surface area contributed by atoms with Gasteiger partial charge in [0.1, 0.15) is 17.0 Å². The lowest BCUT2D eigenvalue weighted by molar-refractivity contribution is -0.123. The number of carbonyl (C=O) groups is 1. The molecule has 0 bridgehead atoms. The molecule has 3 aromatic rings. The molecule has 0 aliphatic heterocycles. The van der Waals surface area contributed by atoms with Gasteiger partial charge in [0.05, 0.1) is 5.39 Å². The van der Waals surface area contributed by atoms with Crippen LogP contribution in [-0.4, -0.2) is 22.5 Å². The number of nitrogens with one attached hydrogen (secondary N) is 1. The maximum atomic E-state index is 12.9. The van der Waals surface area contributed by atoms with Crippen molar-refractivity contribution in [3.05, 3.63) is 52.4 Å². The number of nitrogens with zero attached hydrogens (tertiary/aromatic N) is 2. The summed E-state index contributed by atoms with van der Waals surface area (Å²) in [5.41, 5.74) is 2.12. The largest absolute Gasteiger partial charge is 0.467 e. The summed E-state index contributed by atoms with van der Waals surface area (Å²) < 4.78 is 18.7. The Morgan fingerprint density at radius 2 is 1.96 bits per heavy atom. The number of fused-ring (bicyclic) bond motifs is 3. The highest BCUT2D eigenvalue weighted by Gasteiger charge is 2.20. The molecule has 0 spiro atoms. The van der Waals surface area contributed by atoms with Crippen molar-refractivity contribution in [3.63, 3.8) is 0 Å². The number of benzene rings is 1. The summed E-state index contributed by atoms with van der Waals surface area (Å²) >= 11 is 1.71. The van der Waals surface area contributed by atoms with Gasteiger partial charge in [0.15, 0.2) is 6.61 Å². The molecule has 0 saturated carbocycles. The van der Waals surface area contributed by atoms with Crippen molar-refractivity contribution < 1.29 is 13.9 Å². The van der Waals surface area contributed by atoms with Crippen LogP contribution in [0.4, 0.5) is 4.39 Å². The first kappa shape index (κ1) is 17.9. The molecular weight excluding hydrogens is 365 g/mol. The maximum absolute atomic E-state index is 12.9. The molecule has 0 radical (unpaired) electrons. The highest BCUT2D eigenvalue weighted by molar-refractivity contribution is 7.18. The Morgan fingerprint density at radius 3 is 2.81 bits per heavy atom. The van der Waals surface area contributed by atoms with Gasteiger partial charge in [-0.25, -0.2) is 14.4 Å². The number of aromatic nitrogens is 2.